The first kappa shape index (κ1) is 32.7. The number of hydrogen-bond acceptors (Lipinski definition) is 7. The molecule has 1 aromatic rings. The lowest BCUT2D eigenvalue weighted by molar-refractivity contribution is 1.17. The fourth-order valence-corrected chi connectivity index (χ4v) is 0.253. The average molecular weight is 165 g/mol. The van der Waals surface area contributed by atoms with E-state index in [1.165, 1.54) is 6.33 Å². The zero-order valence-electron chi connectivity index (χ0n) is 6.74. The van der Waals surface area contributed by atoms with Gasteiger partial charge in [-0.3, -0.25) is 0 Å². The van der Waals surface area contributed by atoms with Crippen molar-refractivity contribution in [3.05, 3.63) is 24.8 Å². The molecule has 7 heteroatoms. The smallest absolute Gasteiger partial charge is 0.115 e. The molecule has 0 saturated heterocycles. The predicted octanol–water partition coefficient (Wildman–Crippen LogP) is 1.29. The Labute approximate surface area is 66.5 Å². The highest BCUT2D eigenvalue weighted by Gasteiger charge is 1.59. The third kappa shape index (κ3) is 17.7. The molecule has 0 amide bonds. The summed E-state index contributed by atoms with van der Waals surface area (Å²) in [7, 11) is 0. The van der Waals surface area contributed by atoms with Crippen molar-refractivity contribution in [2.24, 2.45) is 0 Å². The Morgan fingerprint density at radius 2 is 1.00 bits per heavy atom. The maximum absolute atomic E-state index is 3.67. The number of rotatable bonds is 0. The van der Waals surface area contributed by atoms with Crippen LogP contribution in [0.4, 0.5) is 0 Å². The van der Waals surface area contributed by atoms with E-state index in [1.807, 2.05) is 0 Å². The van der Waals surface area contributed by atoms with Crippen molar-refractivity contribution in [3.63, 3.8) is 0 Å². The van der Waals surface area contributed by atoms with Crippen LogP contribution >= 0.6 is 0 Å². The van der Waals surface area contributed by atoms with Gasteiger partial charge in [0.2, 0.25) is 0 Å². The Balaban J connectivity index is -0.0000000240. The summed E-state index contributed by atoms with van der Waals surface area (Å²) in [6, 6.07) is 1.78. The molecule has 0 saturated carbocycles. The van der Waals surface area contributed by atoms with E-state index in [0.29, 0.717) is 0 Å². The first-order valence-corrected chi connectivity index (χ1v) is 1.70. The third-order valence-electron chi connectivity index (χ3n) is 0.478. The van der Waals surface area contributed by atoms with Gasteiger partial charge in [-0.25, -0.2) is 9.97 Å². The van der Waals surface area contributed by atoms with Crippen LogP contribution in [0.3, 0.4) is 0 Å². The van der Waals surface area contributed by atoms with Gasteiger partial charge in [0.15, 0.2) is 0 Å². The Morgan fingerprint density at radius 1 is 0.636 bits per heavy atom. The summed E-state index contributed by atoms with van der Waals surface area (Å²) in [5.41, 5.74) is 0. The minimum absolute atomic E-state index is 0. The van der Waals surface area contributed by atoms with Crippen LogP contribution in [0.2, 0.25) is 0 Å². The van der Waals surface area contributed by atoms with Crippen molar-refractivity contribution in [1.29, 1.82) is 0 Å². The summed E-state index contributed by atoms with van der Waals surface area (Å²) >= 11 is 0. The minimum Gasteiger partial charge on any atom is -0.344 e. The molecule has 0 aromatic carbocycles. The van der Waals surface area contributed by atoms with Gasteiger partial charge in [0.25, 0.3) is 0 Å². The molecule has 0 aliphatic heterocycles. The summed E-state index contributed by atoms with van der Waals surface area (Å²) < 4.78 is 0. The van der Waals surface area contributed by atoms with Gasteiger partial charge in [-0.15, -0.1) is 0 Å². The molecule has 7 nitrogen and oxygen atoms in total. The quantitative estimate of drug-likeness (QED) is 0.380. The summed E-state index contributed by atoms with van der Waals surface area (Å²) in [4.78, 5) is 7.35. The lowest BCUT2D eigenvalue weighted by Gasteiger charge is -1.70. The second kappa shape index (κ2) is 23.2. The van der Waals surface area contributed by atoms with E-state index in [-0.39, 0.29) is 30.8 Å². The monoisotopic (exact) mass is 165 g/mol. The van der Waals surface area contributed by atoms with Gasteiger partial charge in [-0.05, 0) is 6.07 Å². The van der Waals surface area contributed by atoms with Crippen LogP contribution in [0.25, 0.3) is 0 Å². The van der Waals surface area contributed by atoms with Crippen LogP contribution < -0.4 is 30.8 Å². The third-order valence-corrected chi connectivity index (χ3v) is 0.478. The summed E-state index contributed by atoms with van der Waals surface area (Å²) in [6.07, 6.45) is 4.88. The molecule has 15 N–H and O–H groups in total. The second-order valence-electron chi connectivity index (χ2n) is 0.904. The lowest BCUT2D eigenvalue weighted by atomic mass is 10.7. The number of hydrogen-bond donors (Lipinski definition) is 5. The van der Waals surface area contributed by atoms with Gasteiger partial charge >= 0.3 is 0 Å². The van der Waals surface area contributed by atoms with Gasteiger partial charge in [-0.2, -0.15) is 0 Å². The zero-order valence-corrected chi connectivity index (χ0v) is 6.74. The van der Waals surface area contributed by atoms with E-state index in [9.17, 15) is 0 Å². The fraction of sp³-hybridized carbons (Fsp3) is 0. The van der Waals surface area contributed by atoms with E-state index in [0.717, 1.165) is 0 Å². The average Bonchev–Trinajstić information content (AvgIpc) is 1.72. The molecule has 1 heterocycles. The maximum Gasteiger partial charge on any atom is 0.115 e. The maximum atomic E-state index is 3.67. The van der Waals surface area contributed by atoms with Crippen molar-refractivity contribution >= 4 is 0 Å². The van der Waals surface area contributed by atoms with Crippen molar-refractivity contribution in [2.45, 2.75) is 0 Å². The minimum atomic E-state index is 0. The van der Waals surface area contributed by atoms with Crippen LogP contribution in [-0.4, -0.2) is 9.97 Å². The van der Waals surface area contributed by atoms with Crippen molar-refractivity contribution in [3.8, 4) is 0 Å². The lowest BCUT2D eigenvalue weighted by Crippen LogP contribution is -1.66. The van der Waals surface area contributed by atoms with Gasteiger partial charge in [0.05, 0.1) is 0 Å². The molecule has 0 fully saturated rings. The molecule has 0 aliphatic carbocycles. The summed E-state index contributed by atoms with van der Waals surface area (Å²) in [5, 5.41) is 0. The summed E-state index contributed by atoms with van der Waals surface area (Å²) in [5.74, 6) is 0. The molecule has 0 unspecified atom stereocenters. The topological polar surface area (TPSA) is 201 Å². The molecule has 0 atom stereocenters. The normalized spacial score (nSPS) is 4.36. The van der Waals surface area contributed by atoms with Gasteiger partial charge in [-0.1, -0.05) is 0 Å². The van der Waals surface area contributed by atoms with E-state index >= 15 is 0 Å². The number of nitrogens with zero attached hydrogens (tertiary/aromatic N) is 2. The van der Waals surface area contributed by atoms with Gasteiger partial charge in [0, 0.05) is 12.4 Å². The molecule has 0 aliphatic rings. The highest BCUT2D eigenvalue weighted by molar-refractivity contribution is 4.74. The van der Waals surface area contributed by atoms with Crippen molar-refractivity contribution in [2.75, 3.05) is 0 Å². The molecular weight excluding hydrogens is 146 g/mol. The molecule has 0 radical (unpaired) electrons. The first-order valence-electron chi connectivity index (χ1n) is 1.70. The first-order chi connectivity index (χ1) is 3.00. The fourth-order valence-electron chi connectivity index (χ4n) is 0.253. The van der Waals surface area contributed by atoms with E-state index in [2.05, 4.69) is 9.97 Å². The molecule has 70 valence electrons. The second-order valence-corrected chi connectivity index (χ2v) is 0.904. The number of aromatic nitrogens is 2. The van der Waals surface area contributed by atoms with E-state index < -0.39 is 0 Å². The molecule has 1 rings (SSSR count). The molecule has 1 aromatic heterocycles. The van der Waals surface area contributed by atoms with Crippen LogP contribution in [0.5, 0.6) is 0 Å². The standard InChI is InChI=1S/C4H4N2.5H3N/c1-2-5-4-6-3-1;;;;;/h1-4H;5*1H3. The largest absolute Gasteiger partial charge is 0.344 e. The molecular formula is C4H19N7. The van der Waals surface area contributed by atoms with E-state index in [4.69, 9.17) is 0 Å². The van der Waals surface area contributed by atoms with E-state index in [1.54, 1.807) is 18.5 Å². The SMILES string of the molecule is N.N.N.N.N.c1cncnc1. The Hall–Kier alpha value is -1.12. The van der Waals surface area contributed by atoms with Crippen LogP contribution in [-0.2, 0) is 0 Å². The zero-order chi connectivity index (χ0) is 4.24. The van der Waals surface area contributed by atoms with Crippen LogP contribution in [0.15, 0.2) is 24.8 Å². The Morgan fingerprint density at radius 3 is 1.09 bits per heavy atom. The predicted molar refractivity (Wildman–Crippen MR) is 47.1 cm³/mol. The summed E-state index contributed by atoms with van der Waals surface area (Å²) in [6.45, 7) is 0. The van der Waals surface area contributed by atoms with Crippen LogP contribution in [0, 0.1) is 0 Å². The highest BCUT2D eigenvalue weighted by Crippen LogP contribution is 1.66. The van der Waals surface area contributed by atoms with Gasteiger partial charge < -0.3 is 30.8 Å². The molecule has 11 heavy (non-hydrogen) atoms. The molecule has 0 spiro atoms. The van der Waals surface area contributed by atoms with Crippen molar-refractivity contribution < 1.29 is 0 Å². The van der Waals surface area contributed by atoms with Crippen LogP contribution in [0.1, 0.15) is 0 Å². The highest BCUT2D eigenvalue weighted by atomic mass is 14.8. The Kier molecular flexibility index (Phi) is 68.9. The Bertz CT molecular complexity index is 82.4. The van der Waals surface area contributed by atoms with Gasteiger partial charge in [0.1, 0.15) is 6.33 Å². The van der Waals surface area contributed by atoms with Crippen molar-refractivity contribution in [1.82, 2.24) is 40.7 Å². The molecule has 0 bridgehead atoms.